The Morgan fingerprint density at radius 2 is 1.62 bits per heavy atom. The van der Waals surface area contributed by atoms with Crippen LogP contribution in [0.4, 0.5) is 24.5 Å². The number of halogens is 5. The number of carbonyl (C=O) groups is 2. The second-order valence-electron chi connectivity index (χ2n) is 6.42. The molecule has 10 heteroatoms. The first-order chi connectivity index (χ1) is 15.2. The fourth-order valence-electron chi connectivity index (χ4n) is 2.70. The summed E-state index contributed by atoms with van der Waals surface area (Å²) in [5.41, 5.74) is 0.0873. The Morgan fingerprint density at radius 3 is 2.28 bits per heavy atom. The summed E-state index contributed by atoms with van der Waals surface area (Å²) in [6.07, 6.45) is -2.75. The van der Waals surface area contributed by atoms with Crippen LogP contribution in [-0.4, -0.2) is 24.8 Å². The molecule has 0 unspecified atom stereocenters. The molecule has 0 atom stereocenters. The zero-order valence-electron chi connectivity index (χ0n) is 16.2. The highest BCUT2D eigenvalue weighted by Crippen LogP contribution is 2.27. The number of rotatable bonds is 7. The van der Waals surface area contributed by atoms with Gasteiger partial charge in [-0.1, -0.05) is 33.6 Å². The van der Waals surface area contributed by atoms with E-state index < -0.39 is 30.7 Å². The number of amides is 2. The zero-order valence-corrected chi connectivity index (χ0v) is 18.5. The second kappa shape index (κ2) is 10.5. The lowest BCUT2D eigenvalue weighted by Crippen LogP contribution is -2.18. The maximum Gasteiger partial charge on any atom is 0.272 e. The lowest BCUT2D eigenvalue weighted by Gasteiger charge is -2.14. The molecule has 0 saturated carbocycles. The van der Waals surface area contributed by atoms with E-state index in [1.807, 2.05) is 0 Å². The minimum Gasteiger partial charge on any atom is -0.487 e. The van der Waals surface area contributed by atoms with Crippen LogP contribution in [0, 0.1) is 5.82 Å². The Bertz CT molecular complexity index is 1120. The summed E-state index contributed by atoms with van der Waals surface area (Å²) >= 11 is 9.19. The lowest BCUT2D eigenvalue weighted by molar-refractivity contribution is 0.0803. The fraction of sp³-hybridized carbons (Fsp3) is 0.0909. The molecule has 0 saturated heterocycles. The van der Waals surface area contributed by atoms with Gasteiger partial charge in [-0.15, -0.1) is 0 Å². The summed E-state index contributed by atoms with van der Waals surface area (Å²) in [5.74, 6) is -2.42. The SMILES string of the molecule is O=C(Nc1ccc(Br)cc1)c1cc(NC(=O)c2c(F)cccc2Cl)ccc1OCC(F)F. The van der Waals surface area contributed by atoms with Crippen LogP contribution in [-0.2, 0) is 0 Å². The first kappa shape index (κ1) is 23.6. The molecule has 3 aromatic rings. The fourth-order valence-corrected chi connectivity index (χ4v) is 3.22. The van der Waals surface area contributed by atoms with Crippen LogP contribution >= 0.6 is 27.5 Å². The van der Waals surface area contributed by atoms with E-state index in [0.29, 0.717) is 5.69 Å². The van der Waals surface area contributed by atoms with Crippen LogP contribution in [0.1, 0.15) is 20.7 Å². The Hall–Kier alpha value is -3.04. The molecule has 3 aromatic carbocycles. The minimum absolute atomic E-state index is 0.0902. The predicted molar refractivity (Wildman–Crippen MR) is 119 cm³/mol. The molecule has 0 radical (unpaired) electrons. The third-order valence-electron chi connectivity index (χ3n) is 4.14. The molecule has 3 rings (SSSR count). The summed E-state index contributed by atoms with van der Waals surface area (Å²) < 4.78 is 45.1. The average Bonchev–Trinajstić information content (AvgIpc) is 2.74. The third kappa shape index (κ3) is 6.02. The molecule has 0 aromatic heterocycles. The van der Waals surface area contributed by atoms with Crippen molar-refractivity contribution in [3.8, 4) is 5.75 Å². The van der Waals surface area contributed by atoms with Gasteiger partial charge in [0.05, 0.1) is 16.1 Å². The van der Waals surface area contributed by atoms with Crippen LogP contribution in [0.25, 0.3) is 0 Å². The molecular formula is C22H15BrClF3N2O3. The molecule has 0 bridgehead atoms. The number of benzene rings is 3. The van der Waals surface area contributed by atoms with Gasteiger partial charge in [0, 0.05) is 15.8 Å². The Balaban J connectivity index is 1.89. The van der Waals surface area contributed by atoms with E-state index in [4.69, 9.17) is 16.3 Å². The molecular weight excluding hydrogens is 513 g/mol. The highest BCUT2D eigenvalue weighted by atomic mass is 79.9. The highest BCUT2D eigenvalue weighted by Gasteiger charge is 2.19. The molecule has 5 nitrogen and oxygen atoms in total. The second-order valence-corrected chi connectivity index (χ2v) is 7.75. The molecule has 2 amide bonds. The topological polar surface area (TPSA) is 67.4 Å². The first-order valence-electron chi connectivity index (χ1n) is 9.12. The maximum atomic E-state index is 14.0. The van der Waals surface area contributed by atoms with Gasteiger partial charge in [-0.3, -0.25) is 9.59 Å². The van der Waals surface area contributed by atoms with Gasteiger partial charge in [-0.05, 0) is 54.6 Å². The number of carbonyl (C=O) groups excluding carboxylic acids is 2. The van der Waals surface area contributed by atoms with Crippen molar-refractivity contribution < 1.29 is 27.5 Å². The van der Waals surface area contributed by atoms with Crippen molar-refractivity contribution in [3.63, 3.8) is 0 Å². The van der Waals surface area contributed by atoms with Crippen LogP contribution in [0.3, 0.4) is 0 Å². The maximum absolute atomic E-state index is 14.0. The number of alkyl halides is 2. The van der Waals surface area contributed by atoms with E-state index in [1.54, 1.807) is 24.3 Å². The average molecular weight is 528 g/mol. The van der Waals surface area contributed by atoms with Crippen molar-refractivity contribution in [1.82, 2.24) is 0 Å². The van der Waals surface area contributed by atoms with Gasteiger partial charge in [0.2, 0.25) is 0 Å². The van der Waals surface area contributed by atoms with Gasteiger partial charge in [0.25, 0.3) is 18.2 Å². The molecule has 0 heterocycles. The van der Waals surface area contributed by atoms with Gasteiger partial charge in [0.15, 0.2) is 0 Å². The van der Waals surface area contributed by atoms with E-state index >= 15 is 0 Å². The third-order valence-corrected chi connectivity index (χ3v) is 4.98. The van der Waals surface area contributed by atoms with E-state index in [-0.39, 0.29) is 27.6 Å². The van der Waals surface area contributed by atoms with E-state index in [0.717, 1.165) is 10.5 Å². The summed E-state index contributed by atoms with van der Waals surface area (Å²) in [6.45, 7) is -0.922. The molecule has 32 heavy (non-hydrogen) atoms. The van der Waals surface area contributed by atoms with E-state index in [2.05, 4.69) is 26.6 Å². The van der Waals surface area contributed by atoms with Crippen molar-refractivity contribution in [2.45, 2.75) is 6.43 Å². The van der Waals surface area contributed by atoms with Crippen molar-refractivity contribution in [2.75, 3.05) is 17.2 Å². The minimum atomic E-state index is -2.75. The number of nitrogens with one attached hydrogen (secondary N) is 2. The van der Waals surface area contributed by atoms with Crippen LogP contribution in [0.5, 0.6) is 5.75 Å². The number of hydrogen-bond acceptors (Lipinski definition) is 3. The first-order valence-corrected chi connectivity index (χ1v) is 10.3. The van der Waals surface area contributed by atoms with E-state index in [9.17, 15) is 22.8 Å². The smallest absolute Gasteiger partial charge is 0.272 e. The summed E-state index contributed by atoms with van der Waals surface area (Å²) in [6, 6.07) is 14.3. The molecule has 0 aliphatic heterocycles. The molecule has 0 aliphatic rings. The normalized spacial score (nSPS) is 10.7. The highest BCUT2D eigenvalue weighted by molar-refractivity contribution is 9.10. The van der Waals surface area contributed by atoms with Crippen LogP contribution in [0.15, 0.2) is 65.1 Å². The number of hydrogen-bond donors (Lipinski definition) is 2. The van der Waals surface area contributed by atoms with Crippen LogP contribution in [0.2, 0.25) is 5.02 Å². The van der Waals surface area contributed by atoms with Gasteiger partial charge in [0.1, 0.15) is 18.2 Å². The molecule has 0 fully saturated rings. The van der Waals surface area contributed by atoms with Crippen molar-refractivity contribution in [1.29, 1.82) is 0 Å². The van der Waals surface area contributed by atoms with Crippen molar-refractivity contribution in [3.05, 3.63) is 87.1 Å². The number of anilines is 2. The molecule has 0 spiro atoms. The van der Waals surface area contributed by atoms with Gasteiger partial charge >= 0.3 is 0 Å². The standard InChI is InChI=1S/C22H15BrClF3N2O3/c23-12-4-6-13(7-5-12)28-21(30)15-10-14(8-9-18(15)32-11-19(26)27)29-22(31)20-16(24)2-1-3-17(20)25/h1-10,19H,11H2,(H,28,30)(H,29,31). The van der Waals surface area contributed by atoms with Crippen LogP contribution < -0.4 is 15.4 Å². The Labute approximate surface area is 194 Å². The zero-order chi connectivity index (χ0) is 23.3. The molecule has 0 aliphatic carbocycles. The largest absolute Gasteiger partial charge is 0.487 e. The summed E-state index contributed by atoms with van der Waals surface area (Å²) in [4.78, 5) is 25.3. The molecule has 166 valence electrons. The van der Waals surface area contributed by atoms with Crippen molar-refractivity contribution >= 4 is 50.7 Å². The van der Waals surface area contributed by atoms with E-state index in [1.165, 1.54) is 30.3 Å². The van der Waals surface area contributed by atoms with Gasteiger partial charge < -0.3 is 15.4 Å². The van der Waals surface area contributed by atoms with Gasteiger partial charge in [-0.25, -0.2) is 13.2 Å². The summed E-state index contributed by atoms with van der Waals surface area (Å²) in [5, 5.41) is 4.98. The van der Waals surface area contributed by atoms with Crippen molar-refractivity contribution in [2.24, 2.45) is 0 Å². The number of ether oxygens (including phenoxy) is 1. The lowest BCUT2D eigenvalue weighted by atomic mass is 10.1. The Morgan fingerprint density at radius 1 is 0.969 bits per heavy atom. The Kier molecular flexibility index (Phi) is 7.76. The quantitative estimate of drug-likeness (QED) is 0.374. The monoisotopic (exact) mass is 526 g/mol. The predicted octanol–water partition coefficient (Wildman–Crippen LogP) is 6.39. The van der Waals surface area contributed by atoms with Gasteiger partial charge in [-0.2, -0.15) is 0 Å². The molecule has 2 N–H and O–H groups in total. The summed E-state index contributed by atoms with van der Waals surface area (Å²) in [7, 11) is 0.